The summed E-state index contributed by atoms with van der Waals surface area (Å²) in [5, 5.41) is 16.7. The van der Waals surface area contributed by atoms with Crippen LogP contribution in [0.3, 0.4) is 0 Å². The predicted octanol–water partition coefficient (Wildman–Crippen LogP) is 0.791. The van der Waals surface area contributed by atoms with Crippen LogP contribution in [0.4, 0.5) is 4.39 Å². The van der Waals surface area contributed by atoms with Gasteiger partial charge in [0.25, 0.3) is 0 Å². The van der Waals surface area contributed by atoms with Gasteiger partial charge in [0, 0.05) is 12.1 Å². The van der Waals surface area contributed by atoms with Gasteiger partial charge in [-0.3, -0.25) is 0 Å². The highest BCUT2D eigenvalue weighted by atomic mass is 19.1. The van der Waals surface area contributed by atoms with Gasteiger partial charge in [-0.1, -0.05) is 0 Å². The molecule has 0 saturated heterocycles. The summed E-state index contributed by atoms with van der Waals surface area (Å²) in [6.07, 6.45) is 0. The van der Waals surface area contributed by atoms with Crippen molar-refractivity contribution in [2.24, 2.45) is 0 Å². The number of halogens is 1. The zero-order valence-corrected chi connectivity index (χ0v) is 5.78. The Balaban J connectivity index is 3.26. The molecule has 4 nitrogen and oxygen atoms in total. The molecule has 0 aliphatic rings. The first kappa shape index (κ1) is 8.14. The topological polar surface area (TPSA) is 74.0 Å². The van der Waals surface area contributed by atoms with Crippen molar-refractivity contribution in [1.82, 2.24) is 4.98 Å². The van der Waals surface area contributed by atoms with Crippen molar-refractivity contribution in [1.29, 1.82) is 5.26 Å². The third kappa shape index (κ3) is 1.55. The van der Waals surface area contributed by atoms with E-state index in [9.17, 15) is 9.18 Å². The number of carboxylic acid groups (broad SMARTS) is 1. The van der Waals surface area contributed by atoms with Crippen molar-refractivity contribution in [3.63, 3.8) is 0 Å². The number of carboxylic acids is 1. The van der Waals surface area contributed by atoms with Gasteiger partial charge >= 0.3 is 5.97 Å². The van der Waals surface area contributed by atoms with Crippen molar-refractivity contribution in [3.05, 3.63) is 29.3 Å². The maximum absolute atomic E-state index is 12.5. The summed E-state index contributed by atoms with van der Waals surface area (Å²) in [5.74, 6) is -2.13. The minimum absolute atomic E-state index is 0.243. The number of rotatable bonds is 1. The van der Waals surface area contributed by atoms with E-state index in [-0.39, 0.29) is 5.69 Å². The number of nitrogens with zero attached hydrogens (tertiary/aromatic N) is 2. The summed E-state index contributed by atoms with van der Waals surface area (Å²) in [5.41, 5.74) is -0.709. The Hall–Kier alpha value is -1.96. The van der Waals surface area contributed by atoms with Crippen LogP contribution < -0.4 is 0 Å². The number of aromatic nitrogens is 1. The van der Waals surface area contributed by atoms with Gasteiger partial charge in [0.05, 0.1) is 0 Å². The van der Waals surface area contributed by atoms with E-state index in [0.717, 1.165) is 12.1 Å². The zero-order chi connectivity index (χ0) is 9.14. The third-order valence-electron chi connectivity index (χ3n) is 1.12. The van der Waals surface area contributed by atoms with E-state index in [1.165, 1.54) is 0 Å². The Morgan fingerprint density at radius 2 is 2.33 bits per heavy atom. The molecular formula is C7H3FN2O2. The number of pyridine rings is 1. The van der Waals surface area contributed by atoms with Crippen LogP contribution in [0.2, 0.25) is 0 Å². The van der Waals surface area contributed by atoms with Crippen LogP contribution in [0, 0.1) is 17.1 Å². The second kappa shape index (κ2) is 2.96. The van der Waals surface area contributed by atoms with Gasteiger partial charge in [-0.05, 0) is 0 Å². The van der Waals surface area contributed by atoms with Gasteiger partial charge in [0.15, 0.2) is 5.69 Å². The summed E-state index contributed by atoms with van der Waals surface area (Å²) in [4.78, 5) is 13.6. The highest BCUT2D eigenvalue weighted by Gasteiger charge is 2.07. The fourth-order valence-electron chi connectivity index (χ4n) is 0.664. The minimum Gasteiger partial charge on any atom is -0.477 e. The smallest absolute Gasteiger partial charge is 0.354 e. The van der Waals surface area contributed by atoms with Crippen LogP contribution in [-0.2, 0) is 0 Å². The summed E-state index contributed by atoms with van der Waals surface area (Å²) in [6.45, 7) is 0. The molecule has 0 aromatic carbocycles. The van der Waals surface area contributed by atoms with Crippen LogP contribution in [0.15, 0.2) is 12.1 Å². The van der Waals surface area contributed by atoms with Crippen LogP contribution >= 0.6 is 0 Å². The van der Waals surface area contributed by atoms with Gasteiger partial charge in [0.1, 0.15) is 17.6 Å². The molecule has 0 bridgehead atoms. The van der Waals surface area contributed by atoms with Crippen molar-refractivity contribution in [3.8, 4) is 6.07 Å². The summed E-state index contributed by atoms with van der Waals surface area (Å²) >= 11 is 0. The molecule has 1 aromatic heterocycles. The predicted molar refractivity (Wildman–Crippen MR) is 35.9 cm³/mol. The molecule has 0 atom stereocenters. The number of hydrogen-bond donors (Lipinski definition) is 1. The molecule has 60 valence electrons. The molecule has 0 aliphatic carbocycles. The van der Waals surface area contributed by atoms with Crippen LogP contribution in [0.25, 0.3) is 0 Å². The van der Waals surface area contributed by atoms with E-state index >= 15 is 0 Å². The summed E-state index contributed by atoms with van der Waals surface area (Å²) in [7, 11) is 0. The normalized spacial score (nSPS) is 9.00. The quantitative estimate of drug-likeness (QED) is 0.669. The standard InChI is InChI=1S/C7H3FN2O2/c8-4-1-5(3-9)10-6(2-4)7(11)12/h1-2H,(H,11,12). The average Bonchev–Trinajstić information content (AvgIpc) is 2.03. The molecule has 12 heavy (non-hydrogen) atoms. The van der Waals surface area contributed by atoms with E-state index in [1.807, 2.05) is 0 Å². The van der Waals surface area contributed by atoms with Crippen molar-refractivity contribution >= 4 is 5.97 Å². The highest BCUT2D eigenvalue weighted by molar-refractivity contribution is 5.85. The highest BCUT2D eigenvalue weighted by Crippen LogP contribution is 2.03. The lowest BCUT2D eigenvalue weighted by atomic mass is 10.3. The van der Waals surface area contributed by atoms with Crippen molar-refractivity contribution in [2.45, 2.75) is 0 Å². The van der Waals surface area contributed by atoms with Gasteiger partial charge in [-0.2, -0.15) is 5.26 Å². The first-order valence-electron chi connectivity index (χ1n) is 2.94. The molecule has 0 spiro atoms. The van der Waals surface area contributed by atoms with Gasteiger partial charge in [-0.15, -0.1) is 0 Å². The summed E-state index contributed by atoms with van der Waals surface area (Å²) < 4.78 is 12.5. The number of carbonyl (C=O) groups is 1. The van der Waals surface area contributed by atoms with E-state index in [0.29, 0.717) is 0 Å². The Morgan fingerprint density at radius 1 is 1.67 bits per heavy atom. The Kier molecular flexibility index (Phi) is 2.01. The van der Waals surface area contributed by atoms with Gasteiger partial charge < -0.3 is 5.11 Å². The third-order valence-corrected chi connectivity index (χ3v) is 1.12. The molecule has 1 heterocycles. The second-order valence-electron chi connectivity index (χ2n) is 1.97. The Morgan fingerprint density at radius 3 is 2.83 bits per heavy atom. The van der Waals surface area contributed by atoms with Gasteiger partial charge in [-0.25, -0.2) is 14.2 Å². The lowest BCUT2D eigenvalue weighted by molar-refractivity contribution is 0.0689. The Labute approximate surface area is 66.9 Å². The number of hydrogen-bond acceptors (Lipinski definition) is 3. The molecule has 0 radical (unpaired) electrons. The first-order valence-corrected chi connectivity index (χ1v) is 2.94. The maximum Gasteiger partial charge on any atom is 0.354 e. The van der Waals surface area contributed by atoms with Crippen LogP contribution in [0.1, 0.15) is 16.2 Å². The Bertz CT molecular complexity index is 370. The van der Waals surface area contributed by atoms with Crippen LogP contribution in [0.5, 0.6) is 0 Å². The van der Waals surface area contributed by atoms with E-state index in [4.69, 9.17) is 10.4 Å². The van der Waals surface area contributed by atoms with Crippen molar-refractivity contribution in [2.75, 3.05) is 0 Å². The molecule has 1 N–H and O–H groups in total. The maximum atomic E-state index is 12.5. The first-order chi connectivity index (χ1) is 5.63. The second-order valence-corrected chi connectivity index (χ2v) is 1.97. The molecule has 0 amide bonds. The number of nitriles is 1. The molecule has 5 heteroatoms. The minimum atomic E-state index is -1.36. The largest absolute Gasteiger partial charge is 0.477 e. The monoisotopic (exact) mass is 166 g/mol. The molecule has 0 unspecified atom stereocenters. The van der Waals surface area contributed by atoms with E-state index in [2.05, 4.69) is 4.98 Å². The molecule has 1 rings (SSSR count). The lowest BCUT2D eigenvalue weighted by Gasteiger charge is -1.93. The molecule has 1 aromatic rings. The fraction of sp³-hybridized carbons (Fsp3) is 0. The molecular weight excluding hydrogens is 163 g/mol. The average molecular weight is 166 g/mol. The zero-order valence-electron chi connectivity index (χ0n) is 5.78. The van der Waals surface area contributed by atoms with E-state index < -0.39 is 17.5 Å². The number of aromatic carboxylic acids is 1. The van der Waals surface area contributed by atoms with Crippen molar-refractivity contribution < 1.29 is 14.3 Å². The molecule has 0 fully saturated rings. The summed E-state index contributed by atoms with van der Waals surface area (Å²) in [6, 6.07) is 3.17. The lowest BCUT2D eigenvalue weighted by Crippen LogP contribution is -2.02. The SMILES string of the molecule is N#Cc1cc(F)cc(C(=O)O)n1. The van der Waals surface area contributed by atoms with E-state index in [1.54, 1.807) is 6.07 Å². The molecule has 0 saturated carbocycles. The fourth-order valence-corrected chi connectivity index (χ4v) is 0.664. The van der Waals surface area contributed by atoms with Crippen LogP contribution in [-0.4, -0.2) is 16.1 Å². The molecule has 0 aliphatic heterocycles. The van der Waals surface area contributed by atoms with Gasteiger partial charge in [0.2, 0.25) is 0 Å².